The fourth-order valence-corrected chi connectivity index (χ4v) is 5.35. The molecule has 9 heteroatoms. The molecule has 0 radical (unpaired) electrons. The third-order valence-corrected chi connectivity index (χ3v) is 7.06. The van der Waals surface area contributed by atoms with Crippen molar-refractivity contribution in [1.82, 2.24) is 20.2 Å². The Morgan fingerprint density at radius 3 is 2.82 bits per heavy atom. The van der Waals surface area contributed by atoms with E-state index in [4.69, 9.17) is 16.3 Å². The predicted molar refractivity (Wildman–Crippen MR) is 125 cm³/mol. The van der Waals surface area contributed by atoms with Gasteiger partial charge in [0, 0.05) is 49.9 Å². The second-order valence-electron chi connectivity index (χ2n) is 9.03. The van der Waals surface area contributed by atoms with Crippen LogP contribution in [0.15, 0.2) is 24.4 Å². The molecule has 8 nitrogen and oxygen atoms in total. The first-order valence-corrected chi connectivity index (χ1v) is 12.0. The average Bonchev–Trinajstić information content (AvgIpc) is 3.39. The number of carbonyl (C=O) groups is 2. The highest BCUT2D eigenvalue weighted by Crippen LogP contribution is 2.35. The molecule has 2 N–H and O–H groups in total. The second kappa shape index (κ2) is 9.27. The van der Waals surface area contributed by atoms with Crippen LogP contribution in [0.25, 0.3) is 11.3 Å². The molecule has 1 aliphatic carbocycles. The Balaban J connectivity index is 1.37. The van der Waals surface area contributed by atoms with E-state index in [9.17, 15) is 9.59 Å². The van der Waals surface area contributed by atoms with E-state index in [0.29, 0.717) is 28.8 Å². The van der Waals surface area contributed by atoms with Crippen molar-refractivity contribution in [3.63, 3.8) is 0 Å². The molecule has 2 unspecified atom stereocenters. The molecular weight excluding hydrogens is 442 g/mol. The first-order chi connectivity index (χ1) is 16.0. The molecule has 3 aliphatic rings. The van der Waals surface area contributed by atoms with Crippen LogP contribution < -0.4 is 10.6 Å². The number of amides is 2. The van der Waals surface area contributed by atoms with Crippen molar-refractivity contribution < 1.29 is 14.3 Å². The maximum Gasteiger partial charge on any atom is 0.254 e. The van der Waals surface area contributed by atoms with Crippen molar-refractivity contribution in [3.05, 3.63) is 40.5 Å². The summed E-state index contributed by atoms with van der Waals surface area (Å²) in [5.41, 5.74) is 3.06. The van der Waals surface area contributed by atoms with Crippen molar-refractivity contribution >= 4 is 29.4 Å². The third kappa shape index (κ3) is 4.54. The summed E-state index contributed by atoms with van der Waals surface area (Å²) in [5.74, 6) is 0.473. The fraction of sp³-hybridized carbons (Fsp3) is 0.500. The smallest absolute Gasteiger partial charge is 0.254 e. The van der Waals surface area contributed by atoms with Gasteiger partial charge in [0.15, 0.2) is 0 Å². The van der Waals surface area contributed by atoms with Gasteiger partial charge in [-0.1, -0.05) is 23.7 Å². The number of anilines is 1. The Kier molecular flexibility index (Phi) is 6.21. The number of hydrogen-bond donors (Lipinski definition) is 2. The molecule has 174 valence electrons. The first-order valence-electron chi connectivity index (χ1n) is 11.6. The normalized spacial score (nSPS) is 23.0. The number of fused-ring (bicyclic) bond motifs is 1. The van der Waals surface area contributed by atoms with Crippen molar-refractivity contribution in [3.8, 4) is 11.3 Å². The lowest BCUT2D eigenvalue weighted by Crippen LogP contribution is -2.48. The summed E-state index contributed by atoms with van der Waals surface area (Å²) in [7, 11) is 0. The number of benzene rings is 1. The molecule has 3 heterocycles. The lowest BCUT2D eigenvalue weighted by molar-refractivity contribution is -0.120. The van der Waals surface area contributed by atoms with E-state index in [0.717, 1.165) is 56.4 Å². The van der Waals surface area contributed by atoms with Crippen molar-refractivity contribution in [2.45, 2.75) is 63.7 Å². The van der Waals surface area contributed by atoms with Gasteiger partial charge in [-0.2, -0.15) is 0 Å². The van der Waals surface area contributed by atoms with Crippen LogP contribution in [0.3, 0.4) is 0 Å². The molecule has 2 aliphatic heterocycles. The zero-order valence-electron chi connectivity index (χ0n) is 18.6. The maximum atomic E-state index is 13.3. The largest absolute Gasteiger partial charge is 0.381 e. The van der Waals surface area contributed by atoms with Crippen molar-refractivity contribution in [2.75, 3.05) is 18.5 Å². The number of hydrogen-bond acceptors (Lipinski definition) is 6. The van der Waals surface area contributed by atoms with Gasteiger partial charge in [-0.15, -0.1) is 0 Å². The quantitative estimate of drug-likeness (QED) is 0.696. The molecule has 2 fully saturated rings. The van der Waals surface area contributed by atoms with Gasteiger partial charge in [0.1, 0.15) is 0 Å². The lowest BCUT2D eigenvalue weighted by Gasteiger charge is -2.29. The summed E-state index contributed by atoms with van der Waals surface area (Å²) in [6.45, 7) is 3.54. The molecule has 2 atom stereocenters. The van der Waals surface area contributed by atoms with Crippen LogP contribution in [-0.2, 0) is 16.1 Å². The molecule has 0 bridgehead atoms. The zero-order valence-corrected chi connectivity index (χ0v) is 19.4. The van der Waals surface area contributed by atoms with E-state index >= 15 is 0 Å². The molecular formula is C24H28ClN5O3. The molecule has 0 spiro atoms. The number of aromatic nitrogens is 2. The van der Waals surface area contributed by atoms with Crippen LogP contribution in [0, 0.1) is 0 Å². The number of halogens is 1. The lowest BCUT2D eigenvalue weighted by atomic mass is 10.0. The van der Waals surface area contributed by atoms with Crippen LogP contribution in [0.5, 0.6) is 0 Å². The Morgan fingerprint density at radius 2 is 2.03 bits per heavy atom. The Labute approximate surface area is 198 Å². The molecule has 2 aromatic rings. The molecule has 2 amide bonds. The SMILES string of the molecule is CC(=O)NC1CCCC1N1Cc2ccc(-c3nc(NC4CCOCC4)ncc3Cl)cc2C1=O. The van der Waals surface area contributed by atoms with E-state index in [1.165, 1.54) is 6.92 Å². The summed E-state index contributed by atoms with van der Waals surface area (Å²) >= 11 is 6.45. The van der Waals surface area contributed by atoms with Gasteiger partial charge in [-0.3, -0.25) is 9.59 Å². The number of carbonyl (C=O) groups excluding carboxylic acids is 2. The Hall–Kier alpha value is -2.71. The predicted octanol–water partition coefficient (Wildman–Crippen LogP) is 3.40. The van der Waals surface area contributed by atoms with Crippen molar-refractivity contribution in [2.24, 2.45) is 0 Å². The Morgan fingerprint density at radius 1 is 1.21 bits per heavy atom. The van der Waals surface area contributed by atoms with E-state index in [2.05, 4.69) is 20.6 Å². The monoisotopic (exact) mass is 469 g/mol. The van der Waals surface area contributed by atoms with Gasteiger partial charge >= 0.3 is 0 Å². The zero-order chi connectivity index (χ0) is 22.9. The highest BCUT2D eigenvalue weighted by molar-refractivity contribution is 6.33. The van der Waals surface area contributed by atoms with E-state index in [-0.39, 0.29) is 29.9 Å². The average molecular weight is 470 g/mol. The van der Waals surface area contributed by atoms with E-state index in [1.54, 1.807) is 6.20 Å². The summed E-state index contributed by atoms with van der Waals surface area (Å²) in [6.07, 6.45) is 6.21. The molecule has 1 aromatic carbocycles. The molecule has 1 aromatic heterocycles. The summed E-state index contributed by atoms with van der Waals surface area (Å²) in [4.78, 5) is 35.8. The highest BCUT2D eigenvalue weighted by atomic mass is 35.5. The van der Waals surface area contributed by atoms with Gasteiger partial charge in [0.25, 0.3) is 5.91 Å². The van der Waals surface area contributed by atoms with Gasteiger partial charge in [-0.05, 0) is 43.7 Å². The minimum Gasteiger partial charge on any atom is -0.381 e. The third-order valence-electron chi connectivity index (χ3n) is 6.78. The number of rotatable bonds is 5. The van der Waals surface area contributed by atoms with Crippen LogP contribution >= 0.6 is 11.6 Å². The van der Waals surface area contributed by atoms with Gasteiger partial charge in [-0.25, -0.2) is 9.97 Å². The number of nitrogens with zero attached hydrogens (tertiary/aromatic N) is 3. The van der Waals surface area contributed by atoms with E-state index in [1.807, 2.05) is 23.1 Å². The van der Waals surface area contributed by atoms with Crippen LogP contribution in [0.1, 0.15) is 54.9 Å². The minimum atomic E-state index is -0.0538. The minimum absolute atomic E-state index is 0.000153. The Bertz CT molecular complexity index is 1070. The summed E-state index contributed by atoms with van der Waals surface area (Å²) < 4.78 is 5.41. The maximum absolute atomic E-state index is 13.3. The van der Waals surface area contributed by atoms with Crippen LogP contribution in [0.4, 0.5) is 5.95 Å². The number of ether oxygens (including phenoxy) is 1. The highest BCUT2D eigenvalue weighted by Gasteiger charge is 2.39. The van der Waals surface area contributed by atoms with E-state index < -0.39 is 0 Å². The standard InChI is InChI=1S/C24H28ClN5O3/c1-14(31)27-20-3-2-4-21(20)30-13-16-6-5-15(11-18(16)23(30)32)22-19(25)12-26-24(29-22)28-17-7-9-33-10-8-17/h5-6,11-12,17,20-21H,2-4,7-10,13H2,1H3,(H,27,31)(H,26,28,29). The number of nitrogens with one attached hydrogen (secondary N) is 2. The summed E-state index contributed by atoms with van der Waals surface area (Å²) in [6, 6.07) is 6.13. The van der Waals surface area contributed by atoms with Crippen LogP contribution in [-0.4, -0.2) is 58.0 Å². The molecule has 1 saturated heterocycles. The van der Waals surface area contributed by atoms with Gasteiger partial charge in [0.2, 0.25) is 11.9 Å². The second-order valence-corrected chi connectivity index (χ2v) is 9.44. The van der Waals surface area contributed by atoms with Gasteiger partial charge < -0.3 is 20.3 Å². The summed E-state index contributed by atoms with van der Waals surface area (Å²) in [5, 5.41) is 6.83. The van der Waals surface area contributed by atoms with Gasteiger partial charge in [0.05, 0.1) is 23.0 Å². The molecule has 5 rings (SSSR count). The first kappa shape index (κ1) is 22.1. The van der Waals surface area contributed by atoms with Crippen molar-refractivity contribution in [1.29, 1.82) is 0 Å². The topological polar surface area (TPSA) is 96.5 Å². The van der Waals surface area contributed by atoms with Crippen LogP contribution in [0.2, 0.25) is 5.02 Å². The molecule has 1 saturated carbocycles. The molecule has 33 heavy (non-hydrogen) atoms. The fourth-order valence-electron chi connectivity index (χ4n) is 5.15.